The van der Waals surface area contributed by atoms with E-state index >= 15 is 0 Å². The Balaban J connectivity index is 1.78. The molecule has 0 spiro atoms. The number of thiophene rings is 1. The number of rotatable bonds is 3. The van der Waals surface area contributed by atoms with Crippen molar-refractivity contribution in [3.05, 3.63) is 44.9 Å². The van der Waals surface area contributed by atoms with Gasteiger partial charge in [0.25, 0.3) is 0 Å². The Bertz CT molecular complexity index is 689. The van der Waals surface area contributed by atoms with Gasteiger partial charge in [0.15, 0.2) is 11.5 Å². The van der Waals surface area contributed by atoms with E-state index in [0.29, 0.717) is 5.89 Å². The second kappa shape index (κ2) is 4.74. The van der Waals surface area contributed by atoms with Gasteiger partial charge in [-0.2, -0.15) is 0 Å². The highest BCUT2D eigenvalue weighted by molar-refractivity contribution is 9.10. The van der Waals surface area contributed by atoms with Crippen molar-refractivity contribution in [2.45, 2.75) is 13.5 Å². The second-order valence-corrected chi connectivity index (χ2v) is 5.91. The van der Waals surface area contributed by atoms with Crippen LogP contribution in [-0.2, 0) is 6.54 Å². The molecule has 3 aromatic rings. The van der Waals surface area contributed by atoms with Crippen LogP contribution < -0.4 is 5.32 Å². The van der Waals surface area contributed by atoms with Crippen molar-refractivity contribution in [3.63, 3.8) is 0 Å². The molecular weight excluding hydrogens is 312 g/mol. The quantitative estimate of drug-likeness (QED) is 0.767. The summed E-state index contributed by atoms with van der Waals surface area (Å²) in [6.45, 7) is 2.68. The number of hydrogen-bond donors (Lipinski definition) is 1. The summed E-state index contributed by atoms with van der Waals surface area (Å²) in [7, 11) is 0. The van der Waals surface area contributed by atoms with Crippen LogP contribution in [0.4, 0.5) is 5.69 Å². The van der Waals surface area contributed by atoms with Crippen molar-refractivity contribution in [2.24, 2.45) is 0 Å². The lowest BCUT2D eigenvalue weighted by Gasteiger charge is -2.03. The number of oxazole rings is 1. The number of hydrogen-bond acceptors (Lipinski definition) is 4. The molecule has 0 radical (unpaired) electrons. The summed E-state index contributed by atoms with van der Waals surface area (Å²) in [5.41, 5.74) is 2.78. The van der Waals surface area contributed by atoms with Crippen LogP contribution in [0.1, 0.15) is 10.8 Å². The van der Waals surface area contributed by atoms with Crippen LogP contribution in [0.25, 0.3) is 11.1 Å². The third kappa shape index (κ3) is 2.42. The first-order chi connectivity index (χ1) is 8.70. The maximum atomic E-state index is 5.45. The number of anilines is 1. The Hall–Kier alpha value is -1.33. The van der Waals surface area contributed by atoms with Gasteiger partial charge in [0.05, 0.1) is 0 Å². The van der Waals surface area contributed by atoms with Gasteiger partial charge in [-0.25, -0.2) is 4.98 Å². The molecule has 0 aliphatic heterocycles. The lowest BCUT2D eigenvalue weighted by atomic mass is 10.3. The molecule has 92 valence electrons. The third-order valence-electron chi connectivity index (χ3n) is 2.58. The van der Waals surface area contributed by atoms with Crippen molar-refractivity contribution in [1.82, 2.24) is 4.98 Å². The zero-order valence-electron chi connectivity index (χ0n) is 9.74. The van der Waals surface area contributed by atoms with E-state index in [4.69, 9.17) is 4.42 Å². The summed E-state index contributed by atoms with van der Waals surface area (Å²) < 4.78 is 6.58. The lowest BCUT2D eigenvalue weighted by molar-refractivity contribution is 0.561. The fourth-order valence-electron chi connectivity index (χ4n) is 1.79. The average molecular weight is 323 g/mol. The van der Waals surface area contributed by atoms with Crippen molar-refractivity contribution in [1.29, 1.82) is 0 Å². The van der Waals surface area contributed by atoms with Gasteiger partial charge in [-0.3, -0.25) is 0 Å². The molecule has 5 heteroatoms. The summed E-state index contributed by atoms with van der Waals surface area (Å²) >= 11 is 5.19. The molecule has 1 N–H and O–H groups in total. The summed E-state index contributed by atoms with van der Waals surface area (Å²) in [4.78, 5) is 5.61. The Morgan fingerprint density at radius 1 is 1.39 bits per heavy atom. The molecule has 3 rings (SSSR count). The van der Waals surface area contributed by atoms with Crippen LogP contribution in [0.5, 0.6) is 0 Å². The lowest BCUT2D eigenvalue weighted by Crippen LogP contribution is -1.96. The van der Waals surface area contributed by atoms with Crippen molar-refractivity contribution >= 4 is 44.1 Å². The molecule has 0 saturated carbocycles. The third-order valence-corrected chi connectivity index (χ3v) is 4.28. The van der Waals surface area contributed by atoms with Gasteiger partial charge in [0.1, 0.15) is 5.52 Å². The van der Waals surface area contributed by atoms with E-state index in [0.717, 1.165) is 27.8 Å². The van der Waals surface area contributed by atoms with Crippen molar-refractivity contribution in [2.75, 3.05) is 5.32 Å². The minimum absolute atomic E-state index is 0.698. The predicted molar refractivity (Wildman–Crippen MR) is 78.1 cm³/mol. The average Bonchev–Trinajstić information content (AvgIpc) is 2.90. The maximum Gasteiger partial charge on any atom is 0.192 e. The zero-order chi connectivity index (χ0) is 12.5. The van der Waals surface area contributed by atoms with Gasteiger partial charge in [-0.15, -0.1) is 11.3 Å². The number of halogens is 1. The fraction of sp³-hybridized carbons (Fsp3) is 0.154. The van der Waals surface area contributed by atoms with E-state index in [1.807, 2.05) is 25.1 Å². The first-order valence-corrected chi connectivity index (χ1v) is 7.22. The minimum atomic E-state index is 0.698. The van der Waals surface area contributed by atoms with Gasteiger partial charge >= 0.3 is 0 Å². The van der Waals surface area contributed by atoms with Crippen LogP contribution in [0.15, 0.2) is 38.5 Å². The van der Waals surface area contributed by atoms with E-state index in [-0.39, 0.29) is 0 Å². The molecule has 0 atom stereocenters. The van der Waals surface area contributed by atoms with Gasteiger partial charge in [0, 0.05) is 33.9 Å². The summed E-state index contributed by atoms with van der Waals surface area (Å²) in [6, 6.07) is 8.09. The first kappa shape index (κ1) is 11.7. The topological polar surface area (TPSA) is 38.1 Å². The number of benzene rings is 1. The molecule has 0 unspecified atom stereocenters. The molecule has 18 heavy (non-hydrogen) atoms. The molecule has 0 aliphatic rings. The van der Waals surface area contributed by atoms with E-state index in [1.54, 1.807) is 11.3 Å². The van der Waals surface area contributed by atoms with Gasteiger partial charge in [-0.05, 0) is 40.2 Å². The summed E-state index contributed by atoms with van der Waals surface area (Å²) in [6.07, 6.45) is 0. The van der Waals surface area contributed by atoms with Crippen molar-refractivity contribution in [3.8, 4) is 0 Å². The highest BCUT2D eigenvalue weighted by Crippen LogP contribution is 2.23. The predicted octanol–water partition coefficient (Wildman–Crippen LogP) is 4.57. The molecule has 1 aromatic carbocycles. The molecule has 0 saturated heterocycles. The largest absolute Gasteiger partial charge is 0.441 e. The maximum absolute atomic E-state index is 5.45. The van der Waals surface area contributed by atoms with Gasteiger partial charge < -0.3 is 9.73 Å². The molecule has 2 heterocycles. The standard InChI is InChI=1S/C13H11BrN2OS/c1-8-16-12-5-10(2-3-13(12)17-8)15-6-11-4-9(14)7-18-11/h2-5,7,15H,6H2,1H3. The zero-order valence-corrected chi connectivity index (χ0v) is 12.1. The number of aryl methyl sites for hydroxylation is 1. The minimum Gasteiger partial charge on any atom is -0.441 e. The van der Waals surface area contributed by atoms with E-state index in [2.05, 4.69) is 37.7 Å². The molecule has 2 aromatic heterocycles. The first-order valence-electron chi connectivity index (χ1n) is 5.55. The second-order valence-electron chi connectivity index (χ2n) is 4.00. The Morgan fingerprint density at radius 3 is 3.06 bits per heavy atom. The van der Waals surface area contributed by atoms with E-state index in [1.165, 1.54) is 4.88 Å². The Morgan fingerprint density at radius 2 is 2.28 bits per heavy atom. The smallest absolute Gasteiger partial charge is 0.192 e. The molecule has 0 aliphatic carbocycles. The Labute approximate surface area is 117 Å². The van der Waals surface area contributed by atoms with E-state index < -0.39 is 0 Å². The number of aromatic nitrogens is 1. The highest BCUT2D eigenvalue weighted by atomic mass is 79.9. The summed E-state index contributed by atoms with van der Waals surface area (Å²) in [5, 5.41) is 5.47. The number of nitrogens with one attached hydrogen (secondary N) is 1. The molecule has 0 amide bonds. The molecule has 0 fully saturated rings. The van der Waals surface area contributed by atoms with Crippen LogP contribution >= 0.6 is 27.3 Å². The SMILES string of the molecule is Cc1nc2cc(NCc3cc(Br)cs3)ccc2o1. The van der Waals surface area contributed by atoms with Crippen LogP contribution in [0, 0.1) is 6.92 Å². The molecule has 3 nitrogen and oxygen atoms in total. The van der Waals surface area contributed by atoms with Crippen LogP contribution in [0.2, 0.25) is 0 Å². The molecular formula is C13H11BrN2OS. The van der Waals surface area contributed by atoms with Crippen molar-refractivity contribution < 1.29 is 4.42 Å². The normalized spacial score (nSPS) is 11.0. The number of nitrogens with zero attached hydrogens (tertiary/aromatic N) is 1. The molecule has 0 bridgehead atoms. The summed E-state index contributed by atoms with van der Waals surface area (Å²) in [5.74, 6) is 0.698. The number of fused-ring (bicyclic) bond motifs is 1. The van der Waals surface area contributed by atoms with E-state index in [9.17, 15) is 0 Å². The van der Waals surface area contributed by atoms with Gasteiger partial charge in [-0.1, -0.05) is 0 Å². The van der Waals surface area contributed by atoms with Gasteiger partial charge in [0.2, 0.25) is 0 Å². The van der Waals surface area contributed by atoms with Crippen LogP contribution in [0.3, 0.4) is 0 Å². The highest BCUT2D eigenvalue weighted by Gasteiger charge is 2.03. The monoisotopic (exact) mass is 322 g/mol. The fourth-order valence-corrected chi connectivity index (χ4v) is 3.18. The Kier molecular flexibility index (Phi) is 3.09. The van der Waals surface area contributed by atoms with Crippen LogP contribution in [-0.4, -0.2) is 4.98 Å².